The number of rotatable bonds is 2. The maximum Gasteiger partial charge on any atom is 0.410 e. The zero-order valence-electron chi connectivity index (χ0n) is 9.11. The molecule has 0 radical (unpaired) electrons. The Morgan fingerprint density at radius 1 is 1.50 bits per heavy atom. The highest BCUT2D eigenvalue weighted by Gasteiger charge is 2.62. The van der Waals surface area contributed by atoms with Crippen LogP contribution < -0.4 is 0 Å². The van der Waals surface area contributed by atoms with Crippen LogP contribution >= 0.6 is 0 Å². The third-order valence-electron chi connectivity index (χ3n) is 3.43. The number of amides is 1. The zero-order chi connectivity index (χ0) is 11.9. The van der Waals surface area contributed by atoms with E-state index in [2.05, 4.69) is 0 Å². The van der Waals surface area contributed by atoms with Crippen LogP contribution in [-0.2, 0) is 4.74 Å². The van der Waals surface area contributed by atoms with Gasteiger partial charge in [-0.25, -0.2) is 4.79 Å². The van der Waals surface area contributed by atoms with Gasteiger partial charge in [0.2, 0.25) is 0 Å². The summed E-state index contributed by atoms with van der Waals surface area (Å²) in [5, 5.41) is 28.4. The third-order valence-corrected chi connectivity index (χ3v) is 3.43. The molecule has 6 nitrogen and oxygen atoms in total. The summed E-state index contributed by atoms with van der Waals surface area (Å²) in [5.74, 6) is -0.366. The molecule has 0 spiro atoms. The molecule has 3 N–H and O–H groups in total. The topological polar surface area (TPSA) is 90.2 Å². The molecule has 2 fully saturated rings. The van der Waals surface area contributed by atoms with Crippen LogP contribution in [0.1, 0.15) is 6.92 Å². The van der Waals surface area contributed by atoms with Crippen molar-refractivity contribution in [3.8, 4) is 0 Å². The number of nitrogens with zero attached hydrogens (tertiary/aromatic N) is 1. The van der Waals surface area contributed by atoms with Gasteiger partial charge in [-0.1, -0.05) is 0 Å². The minimum atomic E-state index is -0.956. The molecule has 6 heteroatoms. The molecule has 1 amide bonds. The number of hydrogen-bond donors (Lipinski definition) is 3. The highest BCUT2D eigenvalue weighted by Crippen LogP contribution is 2.49. The van der Waals surface area contributed by atoms with Gasteiger partial charge >= 0.3 is 6.09 Å². The number of fused-ring (bicyclic) bond motifs is 1. The fourth-order valence-electron chi connectivity index (χ4n) is 2.60. The van der Waals surface area contributed by atoms with Crippen molar-refractivity contribution >= 4 is 6.09 Å². The lowest BCUT2D eigenvalue weighted by Gasteiger charge is -2.32. The van der Waals surface area contributed by atoms with E-state index in [1.807, 2.05) is 0 Å². The molecule has 0 bridgehead atoms. The minimum absolute atomic E-state index is 0.0671. The van der Waals surface area contributed by atoms with Crippen molar-refractivity contribution in [2.45, 2.75) is 25.2 Å². The number of carbonyl (C=O) groups is 1. The first-order chi connectivity index (χ1) is 7.61. The molecule has 1 aliphatic heterocycles. The first-order valence-electron chi connectivity index (χ1n) is 5.52. The van der Waals surface area contributed by atoms with E-state index in [0.717, 1.165) is 0 Å². The second-order valence-corrected chi connectivity index (χ2v) is 4.32. The molecule has 0 aromatic carbocycles. The van der Waals surface area contributed by atoms with E-state index in [9.17, 15) is 15.0 Å². The Balaban J connectivity index is 2.07. The molecule has 0 aromatic rings. The van der Waals surface area contributed by atoms with Gasteiger partial charge in [0.05, 0.1) is 25.4 Å². The zero-order valence-corrected chi connectivity index (χ0v) is 9.11. The van der Waals surface area contributed by atoms with Gasteiger partial charge in [0.25, 0.3) is 0 Å². The van der Waals surface area contributed by atoms with Crippen molar-refractivity contribution in [3.05, 3.63) is 0 Å². The maximum atomic E-state index is 11.6. The normalized spacial score (nSPS) is 41.5. The van der Waals surface area contributed by atoms with Crippen LogP contribution in [0.15, 0.2) is 0 Å². The van der Waals surface area contributed by atoms with E-state index in [0.29, 0.717) is 0 Å². The molecule has 1 saturated heterocycles. The number of ether oxygens (including phenoxy) is 1. The summed E-state index contributed by atoms with van der Waals surface area (Å²) < 4.78 is 4.87. The highest BCUT2D eigenvalue weighted by atomic mass is 16.6. The Bertz CT molecular complexity index is 284. The number of aliphatic hydroxyl groups is 3. The Kier molecular flexibility index (Phi) is 3.05. The Morgan fingerprint density at radius 3 is 2.75 bits per heavy atom. The van der Waals surface area contributed by atoms with Crippen molar-refractivity contribution in [1.82, 2.24) is 4.90 Å². The molecular formula is C10H17NO5. The number of likely N-dealkylation sites (tertiary alicyclic amines) is 1. The van der Waals surface area contributed by atoms with Gasteiger partial charge < -0.3 is 25.0 Å². The Labute approximate surface area is 93.4 Å². The molecule has 1 heterocycles. The van der Waals surface area contributed by atoms with Crippen LogP contribution in [0, 0.1) is 11.8 Å². The number of β-amino-alcohol motifs (C(OH)–C–C–N with tert-alkyl or cyclic N) is 1. The SMILES string of the molecule is CCOC(=O)N1C[C@@H](O)[C@@H](O)[C@@H]2[C@@H](CO)[C@@H]21. The van der Waals surface area contributed by atoms with Crippen molar-refractivity contribution in [3.63, 3.8) is 0 Å². The lowest BCUT2D eigenvalue weighted by molar-refractivity contribution is -0.0418. The van der Waals surface area contributed by atoms with Crippen LogP contribution in [0.25, 0.3) is 0 Å². The van der Waals surface area contributed by atoms with Gasteiger partial charge in [-0.15, -0.1) is 0 Å². The van der Waals surface area contributed by atoms with E-state index in [1.54, 1.807) is 6.92 Å². The minimum Gasteiger partial charge on any atom is -0.450 e. The summed E-state index contributed by atoms with van der Waals surface area (Å²) in [4.78, 5) is 13.0. The third kappa shape index (κ3) is 1.66. The average Bonchev–Trinajstić information content (AvgIpc) is 2.98. The summed E-state index contributed by atoms with van der Waals surface area (Å²) >= 11 is 0. The van der Waals surface area contributed by atoms with Gasteiger partial charge in [-0.3, -0.25) is 0 Å². The number of hydrogen-bond acceptors (Lipinski definition) is 5. The number of piperidine rings is 1. The lowest BCUT2D eigenvalue weighted by atomic mass is 10.0. The Morgan fingerprint density at radius 2 is 2.19 bits per heavy atom. The fraction of sp³-hybridized carbons (Fsp3) is 0.900. The summed E-state index contributed by atoms with van der Waals surface area (Å²) in [7, 11) is 0. The number of aliphatic hydroxyl groups excluding tert-OH is 3. The first-order valence-corrected chi connectivity index (χ1v) is 5.52. The fourth-order valence-corrected chi connectivity index (χ4v) is 2.60. The summed E-state index contributed by atoms with van der Waals surface area (Å²) in [6.45, 7) is 1.96. The van der Waals surface area contributed by atoms with Crippen molar-refractivity contribution in [2.24, 2.45) is 11.8 Å². The van der Waals surface area contributed by atoms with Crippen LogP contribution in [-0.4, -0.2) is 64.3 Å². The molecule has 2 aliphatic rings. The second-order valence-electron chi connectivity index (χ2n) is 4.32. The van der Waals surface area contributed by atoms with E-state index in [4.69, 9.17) is 9.84 Å². The van der Waals surface area contributed by atoms with Crippen LogP contribution in [0.3, 0.4) is 0 Å². The van der Waals surface area contributed by atoms with E-state index >= 15 is 0 Å². The molecular weight excluding hydrogens is 214 g/mol. The quantitative estimate of drug-likeness (QED) is 0.554. The average molecular weight is 231 g/mol. The Hall–Kier alpha value is -0.850. The van der Waals surface area contributed by atoms with Crippen molar-refractivity contribution < 1.29 is 24.9 Å². The molecule has 1 aliphatic carbocycles. The molecule has 5 atom stereocenters. The van der Waals surface area contributed by atoms with Gasteiger partial charge in [0.1, 0.15) is 0 Å². The summed E-state index contributed by atoms with van der Waals surface area (Å²) in [6.07, 6.45) is -2.30. The molecule has 2 rings (SSSR count). The van der Waals surface area contributed by atoms with Gasteiger partial charge in [-0.2, -0.15) is 0 Å². The van der Waals surface area contributed by atoms with Crippen LogP contribution in [0.5, 0.6) is 0 Å². The second kappa shape index (κ2) is 4.20. The summed E-state index contributed by atoms with van der Waals surface area (Å²) in [6, 6.07) is -0.192. The van der Waals surface area contributed by atoms with E-state index in [1.165, 1.54) is 4.90 Å². The van der Waals surface area contributed by atoms with E-state index in [-0.39, 0.29) is 37.6 Å². The van der Waals surface area contributed by atoms with Gasteiger partial charge in [0, 0.05) is 24.5 Å². The predicted octanol–water partition coefficient (Wildman–Crippen LogP) is -1.21. The standard InChI is InChI=1S/C10H17NO5/c1-2-16-10(15)11-3-6(13)9(14)7-5(4-12)8(7)11/h5-9,12-14H,2-4H2,1H3/t5-,6-,7-,8+,9-/m1/s1. The predicted molar refractivity (Wildman–Crippen MR) is 53.6 cm³/mol. The van der Waals surface area contributed by atoms with Crippen LogP contribution in [0.4, 0.5) is 4.79 Å². The highest BCUT2D eigenvalue weighted by molar-refractivity contribution is 5.69. The van der Waals surface area contributed by atoms with Crippen molar-refractivity contribution in [2.75, 3.05) is 19.8 Å². The molecule has 1 saturated carbocycles. The lowest BCUT2D eigenvalue weighted by Crippen LogP contribution is -2.50. The van der Waals surface area contributed by atoms with Gasteiger partial charge in [0.15, 0.2) is 0 Å². The number of carbonyl (C=O) groups excluding carboxylic acids is 1. The first kappa shape index (κ1) is 11.6. The molecule has 16 heavy (non-hydrogen) atoms. The maximum absolute atomic E-state index is 11.6. The molecule has 0 aromatic heterocycles. The van der Waals surface area contributed by atoms with Crippen molar-refractivity contribution in [1.29, 1.82) is 0 Å². The largest absolute Gasteiger partial charge is 0.450 e. The molecule has 0 unspecified atom stereocenters. The smallest absolute Gasteiger partial charge is 0.410 e. The van der Waals surface area contributed by atoms with Crippen LogP contribution in [0.2, 0.25) is 0 Å². The van der Waals surface area contributed by atoms with Gasteiger partial charge in [-0.05, 0) is 6.92 Å². The van der Waals surface area contributed by atoms with E-state index < -0.39 is 18.3 Å². The monoisotopic (exact) mass is 231 g/mol. The summed E-state index contributed by atoms with van der Waals surface area (Å²) in [5.41, 5.74) is 0. The molecule has 92 valence electrons.